The summed E-state index contributed by atoms with van der Waals surface area (Å²) in [5.74, 6) is 2.53. The van der Waals surface area contributed by atoms with E-state index in [0.29, 0.717) is 5.41 Å². The molecule has 0 aromatic rings. The number of nitrogens with zero attached hydrogens (tertiary/aromatic N) is 1. The third kappa shape index (κ3) is 2.34. The minimum atomic E-state index is 0.222. The maximum atomic E-state index is 6.30. The third-order valence-corrected chi connectivity index (χ3v) is 6.64. The lowest BCUT2D eigenvalue weighted by molar-refractivity contribution is -0.0232. The molecule has 1 unspecified atom stereocenters. The summed E-state index contributed by atoms with van der Waals surface area (Å²) in [5.41, 5.74) is 6.88. The first-order valence-corrected chi connectivity index (χ1v) is 8.77. The van der Waals surface area contributed by atoms with E-state index in [4.69, 9.17) is 5.73 Å². The van der Waals surface area contributed by atoms with Crippen molar-refractivity contribution in [1.82, 2.24) is 4.90 Å². The van der Waals surface area contributed by atoms with Gasteiger partial charge in [-0.3, -0.25) is 4.90 Å². The highest BCUT2D eigenvalue weighted by atomic mass is 32.2. The Labute approximate surface area is 117 Å². The minimum absolute atomic E-state index is 0.222. The summed E-state index contributed by atoms with van der Waals surface area (Å²) in [7, 11) is 0. The standard InChI is InChI=1S/C15H30N2S/c1-4-17(13-7-5-6-8-13)15(11-16)12-18-10-9-14(15,2)3/h13H,4-12,16H2,1-3H3. The molecular formula is C15H30N2S. The van der Waals surface area contributed by atoms with Crippen LogP contribution in [-0.2, 0) is 0 Å². The molecule has 106 valence electrons. The molecule has 0 spiro atoms. The Balaban J connectivity index is 2.27. The highest BCUT2D eigenvalue weighted by Crippen LogP contribution is 2.47. The lowest BCUT2D eigenvalue weighted by Crippen LogP contribution is -2.67. The topological polar surface area (TPSA) is 29.3 Å². The molecule has 0 amide bonds. The van der Waals surface area contributed by atoms with E-state index in [9.17, 15) is 0 Å². The average molecular weight is 270 g/mol. The van der Waals surface area contributed by atoms with E-state index in [0.717, 1.165) is 19.1 Å². The Morgan fingerprint density at radius 1 is 1.28 bits per heavy atom. The van der Waals surface area contributed by atoms with Crippen molar-refractivity contribution in [3.8, 4) is 0 Å². The van der Waals surface area contributed by atoms with Gasteiger partial charge in [-0.25, -0.2) is 0 Å². The van der Waals surface area contributed by atoms with Gasteiger partial charge in [0, 0.05) is 23.9 Å². The second-order valence-corrected chi connectivity index (χ2v) is 7.75. The summed E-state index contributed by atoms with van der Waals surface area (Å²) in [5, 5.41) is 0. The summed E-state index contributed by atoms with van der Waals surface area (Å²) in [6.45, 7) is 9.18. The lowest BCUT2D eigenvalue weighted by atomic mass is 9.69. The van der Waals surface area contributed by atoms with Crippen molar-refractivity contribution in [2.24, 2.45) is 11.1 Å². The van der Waals surface area contributed by atoms with Crippen LogP contribution in [0.1, 0.15) is 52.9 Å². The number of likely N-dealkylation sites (N-methyl/N-ethyl adjacent to an activating group) is 1. The molecule has 3 heteroatoms. The molecule has 2 nitrogen and oxygen atoms in total. The van der Waals surface area contributed by atoms with Crippen molar-refractivity contribution in [1.29, 1.82) is 0 Å². The third-order valence-electron chi connectivity index (χ3n) is 5.47. The molecule has 1 saturated carbocycles. The lowest BCUT2D eigenvalue weighted by Gasteiger charge is -2.57. The summed E-state index contributed by atoms with van der Waals surface area (Å²) < 4.78 is 0. The van der Waals surface area contributed by atoms with Gasteiger partial charge < -0.3 is 5.73 Å². The van der Waals surface area contributed by atoms with Crippen LogP contribution in [0.3, 0.4) is 0 Å². The number of thioether (sulfide) groups is 1. The van der Waals surface area contributed by atoms with Crippen LogP contribution in [0.5, 0.6) is 0 Å². The summed E-state index contributed by atoms with van der Waals surface area (Å²) in [6, 6.07) is 0.788. The average Bonchev–Trinajstić information content (AvgIpc) is 2.85. The summed E-state index contributed by atoms with van der Waals surface area (Å²) >= 11 is 2.11. The first kappa shape index (κ1) is 14.7. The molecule has 2 N–H and O–H groups in total. The Morgan fingerprint density at radius 3 is 2.44 bits per heavy atom. The van der Waals surface area contributed by atoms with Gasteiger partial charge >= 0.3 is 0 Å². The van der Waals surface area contributed by atoms with Gasteiger partial charge in [0.15, 0.2) is 0 Å². The fourth-order valence-corrected chi connectivity index (χ4v) is 5.86. The van der Waals surface area contributed by atoms with Crippen LogP contribution in [0, 0.1) is 5.41 Å². The molecule has 2 fully saturated rings. The van der Waals surface area contributed by atoms with E-state index in [2.05, 4.69) is 37.4 Å². The molecule has 1 aliphatic carbocycles. The van der Waals surface area contributed by atoms with Gasteiger partial charge in [0.2, 0.25) is 0 Å². The smallest absolute Gasteiger partial charge is 0.0475 e. The van der Waals surface area contributed by atoms with Crippen molar-refractivity contribution >= 4 is 11.8 Å². The fourth-order valence-electron chi connectivity index (χ4n) is 4.05. The maximum Gasteiger partial charge on any atom is 0.0475 e. The first-order chi connectivity index (χ1) is 8.57. The van der Waals surface area contributed by atoms with Crippen molar-refractivity contribution < 1.29 is 0 Å². The zero-order valence-corrected chi connectivity index (χ0v) is 13.2. The first-order valence-electron chi connectivity index (χ1n) is 7.62. The number of hydrogen-bond acceptors (Lipinski definition) is 3. The van der Waals surface area contributed by atoms with Crippen molar-refractivity contribution in [3.05, 3.63) is 0 Å². The molecule has 1 aliphatic heterocycles. The highest BCUT2D eigenvalue weighted by Gasteiger charge is 2.51. The van der Waals surface area contributed by atoms with E-state index in [-0.39, 0.29) is 5.54 Å². The highest BCUT2D eigenvalue weighted by molar-refractivity contribution is 7.99. The van der Waals surface area contributed by atoms with Crippen LogP contribution in [0.4, 0.5) is 0 Å². The van der Waals surface area contributed by atoms with Crippen LogP contribution in [0.15, 0.2) is 0 Å². The molecular weight excluding hydrogens is 240 g/mol. The van der Waals surface area contributed by atoms with E-state index in [1.54, 1.807) is 0 Å². The number of rotatable bonds is 4. The molecule has 18 heavy (non-hydrogen) atoms. The zero-order chi connectivity index (χ0) is 13.2. The van der Waals surface area contributed by atoms with E-state index in [1.165, 1.54) is 43.6 Å². The summed E-state index contributed by atoms with van der Waals surface area (Å²) in [4.78, 5) is 2.78. The SMILES string of the molecule is CCN(C1CCCC1)C1(CN)CSCCC1(C)C. The Kier molecular flexibility index (Phi) is 4.66. The van der Waals surface area contributed by atoms with Crippen molar-refractivity contribution in [3.63, 3.8) is 0 Å². The van der Waals surface area contributed by atoms with E-state index < -0.39 is 0 Å². The van der Waals surface area contributed by atoms with Gasteiger partial charge in [-0.2, -0.15) is 11.8 Å². The van der Waals surface area contributed by atoms with Crippen LogP contribution in [0.2, 0.25) is 0 Å². The molecule has 0 aromatic carbocycles. The van der Waals surface area contributed by atoms with Crippen molar-refractivity contribution in [2.75, 3.05) is 24.6 Å². The van der Waals surface area contributed by atoms with Gasteiger partial charge in [0.25, 0.3) is 0 Å². The zero-order valence-electron chi connectivity index (χ0n) is 12.4. The van der Waals surface area contributed by atoms with Gasteiger partial charge in [0.05, 0.1) is 0 Å². The largest absolute Gasteiger partial charge is 0.329 e. The molecule has 2 aliphatic rings. The predicted molar refractivity (Wildman–Crippen MR) is 82.1 cm³/mol. The number of nitrogens with two attached hydrogens (primary N) is 1. The van der Waals surface area contributed by atoms with Crippen molar-refractivity contribution in [2.45, 2.75) is 64.5 Å². The minimum Gasteiger partial charge on any atom is -0.329 e. The molecule has 2 rings (SSSR count). The summed E-state index contributed by atoms with van der Waals surface area (Å²) in [6.07, 6.45) is 6.90. The van der Waals surface area contributed by atoms with Gasteiger partial charge in [-0.1, -0.05) is 33.6 Å². The Hall–Kier alpha value is 0.270. The van der Waals surface area contributed by atoms with Gasteiger partial charge in [-0.05, 0) is 37.0 Å². The molecule has 1 saturated heterocycles. The molecule has 0 bridgehead atoms. The van der Waals surface area contributed by atoms with Crippen LogP contribution in [-0.4, -0.2) is 41.1 Å². The Morgan fingerprint density at radius 2 is 1.94 bits per heavy atom. The molecule has 0 aromatic heterocycles. The second-order valence-electron chi connectivity index (χ2n) is 6.65. The normalized spacial score (nSPS) is 33.2. The monoisotopic (exact) mass is 270 g/mol. The maximum absolute atomic E-state index is 6.30. The van der Waals surface area contributed by atoms with Crippen LogP contribution < -0.4 is 5.73 Å². The number of hydrogen-bond donors (Lipinski definition) is 1. The second kappa shape index (κ2) is 5.72. The molecule has 1 atom stereocenters. The quantitative estimate of drug-likeness (QED) is 0.851. The van der Waals surface area contributed by atoms with Gasteiger partial charge in [0.1, 0.15) is 0 Å². The van der Waals surface area contributed by atoms with Crippen LogP contribution >= 0.6 is 11.8 Å². The molecule has 1 heterocycles. The van der Waals surface area contributed by atoms with Crippen LogP contribution in [0.25, 0.3) is 0 Å². The predicted octanol–water partition coefficient (Wildman–Crippen LogP) is 3.11. The Bertz CT molecular complexity index is 274. The molecule has 0 radical (unpaired) electrons. The van der Waals surface area contributed by atoms with Gasteiger partial charge in [-0.15, -0.1) is 0 Å². The van der Waals surface area contributed by atoms with E-state index in [1.807, 2.05) is 0 Å². The fraction of sp³-hybridized carbons (Fsp3) is 1.00. The van der Waals surface area contributed by atoms with E-state index >= 15 is 0 Å².